The first-order valence-electron chi connectivity index (χ1n) is 2.68. The van der Waals surface area contributed by atoms with Crippen molar-refractivity contribution in [2.75, 3.05) is 7.11 Å². The Morgan fingerprint density at radius 2 is 2.22 bits per heavy atom. The first kappa shape index (κ1) is 7.99. The van der Waals surface area contributed by atoms with Gasteiger partial charge >= 0.3 is 5.97 Å². The zero-order valence-corrected chi connectivity index (χ0v) is 5.89. The van der Waals surface area contributed by atoms with Gasteiger partial charge in [-0.2, -0.15) is 0 Å². The predicted molar refractivity (Wildman–Crippen MR) is 35.0 cm³/mol. The smallest absolute Gasteiger partial charge is 0.341 e. The maximum atomic E-state index is 10.6. The summed E-state index contributed by atoms with van der Waals surface area (Å²) in [5.74, 6) is -0.326. The van der Waals surface area contributed by atoms with E-state index in [-0.39, 0.29) is 5.97 Å². The van der Waals surface area contributed by atoms with Gasteiger partial charge < -0.3 is 4.74 Å². The van der Waals surface area contributed by atoms with Crippen LogP contribution in [0.4, 0.5) is 0 Å². The Morgan fingerprint density at radius 1 is 1.67 bits per heavy atom. The largest absolute Gasteiger partial charge is 0.465 e. The average molecular weight is 126 g/mol. The first-order chi connectivity index (χ1) is 4.22. The number of rotatable bonds is 1. The molecule has 0 aliphatic rings. The van der Waals surface area contributed by atoms with E-state index in [4.69, 9.17) is 0 Å². The van der Waals surface area contributed by atoms with Crippen molar-refractivity contribution in [1.29, 1.82) is 0 Å². The molecule has 0 heterocycles. The predicted octanol–water partition coefficient (Wildman–Crippen LogP) is 1.28. The van der Waals surface area contributed by atoms with Gasteiger partial charge in [0.25, 0.3) is 0 Å². The van der Waals surface area contributed by atoms with Crippen LogP contribution >= 0.6 is 0 Å². The minimum Gasteiger partial charge on any atom is -0.465 e. The Morgan fingerprint density at radius 3 is 2.56 bits per heavy atom. The second-order valence-corrected chi connectivity index (χ2v) is 1.55. The first-order valence-corrected chi connectivity index (χ1v) is 2.68. The molecule has 50 valence electrons. The number of methoxy groups -OCH3 is 1. The van der Waals surface area contributed by atoms with Gasteiger partial charge in [-0.05, 0) is 19.9 Å². The van der Waals surface area contributed by atoms with Crippen LogP contribution in [0.5, 0.6) is 0 Å². The molecule has 0 unspecified atom stereocenters. The van der Waals surface area contributed by atoms with Crippen LogP contribution in [0.15, 0.2) is 17.4 Å². The highest BCUT2D eigenvalue weighted by Crippen LogP contribution is 1.90. The highest BCUT2D eigenvalue weighted by atomic mass is 16.5. The van der Waals surface area contributed by atoms with Gasteiger partial charge in [-0.25, -0.2) is 4.79 Å². The second kappa shape index (κ2) is 3.93. The van der Waals surface area contributed by atoms with Crippen molar-refractivity contribution in [3.8, 4) is 0 Å². The molecular formula is C7H10O2. The molecule has 0 aliphatic heterocycles. The standard InChI is InChI=1S/C7H10O2/c1-4-5-6(2)7(8)9-3/h4H,1-3H3. The molecular weight excluding hydrogens is 116 g/mol. The Kier molecular flexibility index (Phi) is 3.49. The van der Waals surface area contributed by atoms with Crippen LogP contribution in [0.25, 0.3) is 0 Å². The molecule has 2 heteroatoms. The maximum absolute atomic E-state index is 10.6. The fourth-order valence-electron chi connectivity index (χ4n) is 0.429. The molecule has 0 atom stereocenters. The normalized spacial score (nSPS) is 7.44. The molecule has 0 saturated heterocycles. The van der Waals surface area contributed by atoms with E-state index in [1.54, 1.807) is 19.9 Å². The monoisotopic (exact) mass is 126 g/mol. The summed E-state index contributed by atoms with van der Waals surface area (Å²) < 4.78 is 4.41. The molecule has 0 rings (SSSR count). The van der Waals surface area contributed by atoms with Gasteiger partial charge in [0, 0.05) is 0 Å². The van der Waals surface area contributed by atoms with Gasteiger partial charge in [-0.15, -0.1) is 5.73 Å². The Balaban J connectivity index is 4.21. The van der Waals surface area contributed by atoms with Crippen LogP contribution in [0.3, 0.4) is 0 Å². The van der Waals surface area contributed by atoms with E-state index < -0.39 is 0 Å². The number of carbonyl (C=O) groups is 1. The molecule has 0 N–H and O–H groups in total. The Hall–Kier alpha value is -1.01. The topological polar surface area (TPSA) is 26.3 Å². The maximum Gasteiger partial charge on any atom is 0.341 e. The van der Waals surface area contributed by atoms with Crippen LogP contribution in [-0.2, 0) is 9.53 Å². The van der Waals surface area contributed by atoms with E-state index in [2.05, 4.69) is 10.5 Å². The third-order valence-corrected chi connectivity index (χ3v) is 0.852. The lowest BCUT2D eigenvalue weighted by molar-refractivity contribution is -0.136. The average Bonchev–Trinajstić information content (AvgIpc) is 1.87. The SMILES string of the molecule is CC=C=C(C)C(=O)OC. The van der Waals surface area contributed by atoms with E-state index in [1.807, 2.05) is 0 Å². The number of hydrogen-bond donors (Lipinski definition) is 0. The number of ether oxygens (including phenoxy) is 1. The van der Waals surface area contributed by atoms with Crippen molar-refractivity contribution in [2.24, 2.45) is 0 Å². The van der Waals surface area contributed by atoms with Gasteiger partial charge in [0.15, 0.2) is 0 Å². The highest BCUT2D eigenvalue weighted by molar-refractivity contribution is 5.87. The lowest BCUT2D eigenvalue weighted by Gasteiger charge is -1.91. The summed E-state index contributed by atoms with van der Waals surface area (Å²) in [6.45, 7) is 3.46. The third kappa shape index (κ3) is 2.73. The summed E-state index contributed by atoms with van der Waals surface area (Å²) in [5, 5.41) is 0. The summed E-state index contributed by atoms with van der Waals surface area (Å²) in [7, 11) is 1.35. The molecule has 0 saturated carbocycles. The Labute approximate surface area is 54.8 Å². The molecule has 0 fully saturated rings. The van der Waals surface area contributed by atoms with Crippen molar-refractivity contribution in [2.45, 2.75) is 13.8 Å². The van der Waals surface area contributed by atoms with Crippen molar-refractivity contribution in [3.63, 3.8) is 0 Å². The third-order valence-electron chi connectivity index (χ3n) is 0.852. The summed E-state index contributed by atoms with van der Waals surface area (Å²) in [5.41, 5.74) is 3.21. The summed E-state index contributed by atoms with van der Waals surface area (Å²) in [4.78, 5) is 10.6. The molecule has 2 nitrogen and oxygen atoms in total. The van der Waals surface area contributed by atoms with Crippen LogP contribution < -0.4 is 0 Å². The number of esters is 1. The van der Waals surface area contributed by atoms with E-state index in [0.29, 0.717) is 5.57 Å². The lowest BCUT2D eigenvalue weighted by Crippen LogP contribution is -1.99. The minimum atomic E-state index is -0.326. The number of carbonyl (C=O) groups excluding carboxylic acids is 1. The van der Waals surface area contributed by atoms with E-state index >= 15 is 0 Å². The van der Waals surface area contributed by atoms with Gasteiger partial charge in [-0.3, -0.25) is 0 Å². The summed E-state index contributed by atoms with van der Waals surface area (Å²) >= 11 is 0. The highest BCUT2D eigenvalue weighted by Gasteiger charge is 1.98. The van der Waals surface area contributed by atoms with Crippen molar-refractivity contribution >= 4 is 5.97 Å². The van der Waals surface area contributed by atoms with Crippen molar-refractivity contribution in [1.82, 2.24) is 0 Å². The molecule has 0 spiro atoms. The molecule has 0 radical (unpaired) electrons. The quantitative estimate of drug-likeness (QED) is 0.300. The Bertz CT molecular complexity index is 162. The van der Waals surface area contributed by atoms with Gasteiger partial charge in [0.1, 0.15) is 0 Å². The molecule has 0 aromatic carbocycles. The van der Waals surface area contributed by atoms with Crippen LogP contribution in [0.1, 0.15) is 13.8 Å². The fourth-order valence-corrected chi connectivity index (χ4v) is 0.429. The molecule has 0 aromatic heterocycles. The van der Waals surface area contributed by atoms with Crippen molar-refractivity contribution in [3.05, 3.63) is 17.4 Å². The lowest BCUT2D eigenvalue weighted by atomic mass is 10.3. The van der Waals surface area contributed by atoms with Crippen LogP contribution in [-0.4, -0.2) is 13.1 Å². The zero-order valence-electron chi connectivity index (χ0n) is 5.89. The minimum absolute atomic E-state index is 0.326. The summed E-state index contributed by atoms with van der Waals surface area (Å²) in [6.07, 6.45) is 1.67. The molecule has 0 bridgehead atoms. The summed E-state index contributed by atoms with van der Waals surface area (Å²) in [6, 6.07) is 0. The molecule has 0 amide bonds. The molecule has 9 heavy (non-hydrogen) atoms. The molecule has 0 aromatic rings. The van der Waals surface area contributed by atoms with E-state index in [0.717, 1.165) is 0 Å². The van der Waals surface area contributed by atoms with Crippen molar-refractivity contribution < 1.29 is 9.53 Å². The van der Waals surface area contributed by atoms with E-state index in [9.17, 15) is 4.79 Å². The second-order valence-electron chi connectivity index (χ2n) is 1.55. The van der Waals surface area contributed by atoms with Crippen LogP contribution in [0.2, 0.25) is 0 Å². The van der Waals surface area contributed by atoms with Gasteiger partial charge in [0.05, 0.1) is 12.7 Å². The molecule has 0 aliphatic carbocycles. The zero-order chi connectivity index (χ0) is 7.28. The van der Waals surface area contributed by atoms with Gasteiger partial charge in [0.2, 0.25) is 0 Å². The van der Waals surface area contributed by atoms with Crippen LogP contribution in [0, 0.1) is 0 Å². The number of hydrogen-bond acceptors (Lipinski definition) is 2. The van der Waals surface area contributed by atoms with Gasteiger partial charge in [-0.1, -0.05) is 0 Å². The fraction of sp³-hybridized carbons (Fsp3) is 0.429. The van der Waals surface area contributed by atoms with E-state index in [1.165, 1.54) is 7.11 Å².